The van der Waals surface area contributed by atoms with E-state index in [0.717, 1.165) is 31.8 Å². The van der Waals surface area contributed by atoms with Gasteiger partial charge in [0.25, 0.3) is 0 Å². The summed E-state index contributed by atoms with van der Waals surface area (Å²) in [6.07, 6.45) is 7.12. The van der Waals surface area contributed by atoms with Gasteiger partial charge >= 0.3 is 0 Å². The lowest BCUT2D eigenvalue weighted by Crippen LogP contribution is -2.33. The molecule has 3 atom stereocenters. The van der Waals surface area contributed by atoms with Crippen LogP contribution in [0.4, 0.5) is 0 Å². The van der Waals surface area contributed by atoms with E-state index in [9.17, 15) is 4.79 Å². The molecule has 0 aromatic rings. The first-order valence-electron chi connectivity index (χ1n) is 7.19. The van der Waals surface area contributed by atoms with Crippen LogP contribution in [0, 0.1) is 11.8 Å². The fourth-order valence-corrected chi connectivity index (χ4v) is 3.43. The van der Waals surface area contributed by atoms with Gasteiger partial charge in [-0.05, 0) is 38.1 Å². The lowest BCUT2D eigenvalue weighted by atomic mass is 9.99. The number of nitrogens with one attached hydrogen (secondary N) is 1. The summed E-state index contributed by atoms with van der Waals surface area (Å²) in [5.41, 5.74) is 0. The third-order valence-electron chi connectivity index (χ3n) is 4.67. The largest absolute Gasteiger partial charge is 0.342 e. The molecule has 0 spiro atoms. The van der Waals surface area contributed by atoms with Crippen molar-refractivity contribution in [2.45, 2.75) is 51.5 Å². The molecule has 3 heteroatoms. The molecule has 0 aromatic carbocycles. The average molecular weight is 238 g/mol. The zero-order valence-corrected chi connectivity index (χ0v) is 11.2. The van der Waals surface area contributed by atoms with Crippen molar-refractivity contribution in [3.05, 3.63) is 0 Å². The highest BCUT2D eigenvalue weighted by molar-refractivity contribution is 5.78. The SMILES string of the molecule is CCC1CC(=O)N(CCC2CCCC2NC)C1. The number of nitrogens with zero attached hydrogens (tertiary/aromatic N) is 1. The molecule has 2 rings (SSSR count). The molecule has 3 unspecified atom stereocenters. The summed E-state index contributed by atoms with van der Waals surface area (Å²) < 4.78 is 0. The van der Waals surface area contributed by atoms with Crippen LogP contribution in [0.25, 0.3) is 0 Å². The lowest BCUT2D eigenvalue weighted by Gasteiger charge is -2.23. The van der Waals surface area contributed by atoms with Gasteiger partial charge in [0, 0.05) is 25.6 Å². The number of hydrogen-bond acceptors (Lipinski definition) is 2. The predicted molar refractivity (Wildman–Crippen MR) is 69.8 cm³/mol. The first kappa shape index (κ1) is 12.9. The maximum Gasteiger partial charge on any atom is 0.222 e. The van der Waals surface area contributed by atoms with Gasteiger partial charge in [0.15, 0.2) is 0 Å². The van der Waals surface area contributed by atoms with Crippen LogP contribution in [-0.2, 0) is 4.79 Å². The maximum absolute atomic E-state index is 11.8. The van der Waals surface area contributed by atoms with Gasteiger partial charge < -0.3 is 10.2 Å². The van der Waals surface area contributed by atoms with Crippen LogP contribution in [0.3, 0.4) is 0 Å². The van der Waals surface area contributed by atoms with Crippen molar-refractivity contribution < 1.29 is 4.79 Å². The number of rotatable bonds is 5. The number of likely N-dealkylation sites (tertiary alicyclic amines) is 1. The van der Waals surface area contributed by atoms with Gasteiger partial charge in [0.05, 0.1) is 0 Å². The topological polar surface area (TPSA) is 32.3 Å². The fraction of sp³-hybridized carbons (Fsp3) is 0.929. The smallest absolute Gasteiger partial charge is 0.222 e. The van der Waals surface area contributed by atoms with Crippen LogP contribution >= 0.6 is 0 Å². The first-order chi connectivity index (χ1) is 8.24. The predicted octanol–water partition coefficient (Wildman–Crippen LogP) is 2.02. The summed E-state index contributed by atoms with van der Waals surface area (Å²) >= 11 is 0. The molecule has 1 N–H and O–H groups in total. The molecular weight excluding hydrogens is 212 g/mol. The molecular formula is C14H26N2O. The van der Waals surface area contributed by atoms with Crippen molar-refractivity contribution in [2.24, 2.45) is 11.8 Å². The molecule has 1 amide bonds. The zero-order chi connectivity index (χ0) is 12.3. The highest BCUT2D eigenvalue weighted by atomic mass is 16.2. The second kappa shape index (κ2) is 5.85. The Labute approximate surface area is 105 Å². The van der Waals surface area contributed by atoms with Gasteiger partial charge in [-0.15, -0.1) is 0 Å². The molecule has 1 saturated carbocycles. The van der Waals surface area contributed by atoms with E-state index < -0.39 is 0 Å². The normalized spacial score (nSPS) is 33.6. The molecule has 98 valence electrons. The third kappa shape index (κ3) is 3.01. The summed E-state index contributed by atoms with van der Waals surface area (Å²) in [5, 5.41) is 3.42. The van der Waals surface area contributed by atoms with Crippen LogP contribution in [0.15, 0.2) is 0 Å². The molecule has 2 fully saturated rings. The minimum absolute atomic E-state index is 0.385. The monoisotopic (exact) mass is 238 g/mol. The summed E-state index contributed by atoms with van der Waals surface area (Å²) in [6.45, 7) is 4.18. The van der Waals surface area contributed by atoms with Gasteiger partial charge in [0.1, 0.15) is 0 Å². The van der Waals surface area contributed by atoms with Crippen molar-refractivity contribution in [1.82, 2.24) is 10.2 Å². The molecule has 1 aliphatic carbocycles. The van der Waals surface area contributed by atoms with E-state index in [1.165, 1.54) is 25.7 Å². The van der Waals surface area contributed by atoms with E-state index in [1.54, 1.807) is 0 Å². The molecule has 1 aliphatic heterocycles. The number of carbonyl (C=O) groups is 1. The van der Waals surface area contributed by atoms with Crippen molar-refractivity contribution in [1.29, 1.82) is 0 Å². The van der Waals surface area contributed by atoms with E-state index in [-0.39, 0.29) is 0 Å². The van der Waals surface area contributed by atoms with Crippen LogP contribution in [0.2, 0.25) is 0 Å². The van der Waals surface area contributed by atoms with Crippen molar-refractivity contribution in [2.75, 3.05) is 20.1 Å². The summed E-state index contributed by atoms with van der Waals surface area (Å²) in [4.78, 5) is 13.9. The van der Waals surface area contributed by atoms with E-state index in [0.29, 0.717) is 17.9 Å². The van der Waals surface area contributed by atoms with Crippen LogP contribution in [0.1, 0.15) is 45.4 Å². The molecule has 1 heterocycles. The van der Waals surface area contributed by atoms with Gasteiger partial charge in [-0.2, -0.15) is 0 Å². The van der Waals surface area contributed by atoms with E-state index in [4.69, 9.17) is 0 Å². The Morgan fingerprint density at radius 2 is 2.24 bits per heavy atom. The average Bonchev–Trinajstić information content (AvgIpc) is 2.92. The van der Waals surface area contributed by atoms with Crippen molar-refractivity contribution in [3.8, 4) is 0 Å². The number of carbonyl (C=O) groups excluding carboxylic acids is 1. The summed E-state index contributed by atoms with van der Waals surface area (Å²) in [7, 11) is 2.07. The molecule has 3 nitrogen and oxygen atoms in total. The number of hydrogen-bond donors (Lipinski definition) is 1. The van der Waals surface area contributed by atoms with E-state index >= 15 is 0 Å². The Bertz CT molecular complexity index is 267. The summed E-state index contributed by atoms with van der Waals surface area (Å²) in [6, 6.07) is 0.690. The zero-order valence-electron chi connectivity index (χ0n) is 11.2. The molecule has 2 aliphatic rings. The molecule has 1 saturated heterocycles. The quantitative estimate of drug-likeness (QED) is 0.795. The lowest BCUT2D eigenvalue weighted by molar-refractivity contribution is -0.127. The van der Waals surface area contributed by atoms with Gasteiger partial charge in [-0.25, -0.2) is 0 Å². The van der Waals surface area contributed by atoms with Crippen molar-refractivity contribution in [3.63, 3.8) is 0 Å². The molecule has 0 aromatic heterocycles. The second-order valence-corrected chi connectivity index (χ2v) is 5.69. The van der Waals surface area contributed by atoms with Crippen LogP contribution < -0.4 is 5.32 Å². The molecule has 0 radical (unpaired) electrons. The van der Waals surface area contributed by atoms with Crippen LogP contribution in [-0.4, -0.2) is 37.0 Å². The van der Waals surface area contributed by atoms with Gasteiger partial charge in [0.2, 0.25) is 5.91 Å². The Balaban J connectivity index is 1.76. The third-order valence-corrected chi connectivity index (χ3v) is 4.67. The molecule has 0 bridgehead atoms. The number of amides is 1. The Kier molecular flexibility index (Phi) is 4.43. The van der Waals surface area contributed by atoms with Gasteiger partial charge in [-0.1, -0.05) is 19.8 Å². The first-order valence-corrected chi connectivity index (χ1v) is 7.19. The van der Waals surface area contributed by atoms with Crippen molar-refractivity contribution >= 4 is 5.91 Å². The minimum Gasteiger partial charge on any atom is -0.342 e. The summed E-state index contributed by atoms with van der Waals surface area (Å²) in [5.74, 6) is 1.79. The van der Waals surface area contributed by atoms with E-state index in [1.807, 2.05) is 0 Å². The van der Waals surface area contributed by atoms with Crippen LogP contribution in [0.5, 0.6) is 0 Å². The van der Waals surface area contributed by atoms with E-state index in [2.05, 4.69) is 24.2 Å². The van der Waals surface area contributed by atoms with Gasteiger partial charge in [-0.3, -0.25) is 4.79 Å². The minimum atomic E-state index is 0.385. The Morgan fingerprint density at radius 3 is 2.88 bits per heavy atom. The highest BCUT2D eigenvalue weighted by Gasteiger charge is 2.30. The second-order valence-electron chi connectivity index (χ2n) is 5.69. The Morgan fingerprint density at radius 1 is 1.41 bits per heavy atom. The Hall–Kier alpha value is -0.570. The fourth-order valence-electron chi connectivity index (χ4n) is 3.43. The highest BCUT2D eigenvalue weighted by Crippen LogP contribution is 2.29. The molecule has 17 heavy (non-hydrogen) atoms. The maximum atomic E-state index is 11.8. The standard InChI is InChI=1S/C14H26N2O/c1-3-11-9-14(17)16(10-11)8-7-12-5-4-6-13(12)15-2/h11-13,15H,3-10H2,1-2H3.